The molecule has 0 saturated carbocycles. The average Bonchev–Trinajstić information content (AvgIpc) is 3.41. The molecule has 4 rings (SSSR count). The Bertz CT molecular complexity index is 760. The van der Waals surface area contributed by atoms with E-state index in [-0.39, 0.29) is 11.9 Å². The van der Waals surface area contributed by atoms with Gasteiger partial charge >= 0.3 is 0 Å². The summed E-state index contributed by atoms with van der Waals surface area (Å²) in [5, 5.41) is 7.31. The smallest absolute Gasteiger partial charge is 0.225 e. The lowest BCUT2D eigenvalue weighted by Crippen LogP contribution is -2.37. The normalized spacial score (nSPS) is 20.4. The Hall–Kier alpha value is -2.48. The first-order valence-electron chi connectivity index (χ1n) is 10.2. The molecular weight excluding hydrogens is 356 g/mol. The van der Waals surface area contributed by atoms with Crippen molar-refractivity contribution in [1.29, 1.82) is 0 Å². The SMILES string of the molecule is O=C(CCCn1cccn1)NC1CCN(c2nccc(C3CCOCC3)n2)C1. The first-order valence-corrected chi connectivity index (χ1v) is 10.2. The molecule has 2 aromatic rings. The van der Waals surface area contributed by atoms with Crippen molar-refractivity contribution in [2.45, 2.75) is 50.6 Å². The molecule has 2 saturated heterocycles. The highest BCUT2D eigenvalue weighted by molar-refractivity contribution is 5.76. The summed E-state index contributed by atoms with van der Waals surface area (Å²) >= 11 is 0. The average molecular weight is 384 g/mol. The van der Waals surface area contributed by atoms with Gasteiger partial charge in [0.15, 0.2) is 0 Å². The number of anilines is 1. The number of aryl methyl sites for hydroxylation is 1. The highest BCUT2D eigenvalue weighted by atomic mass is 16.5. The van der Waals surface area contributed by atoms with Gasteiger partial charge in [0.25, 0.3) is 0 Å². The van der Waals surface area contributed by atoms with Crippen LogP contribution in [0.4, 0.5) is 5.95 Å². The van der Waals surface area contributed by atoms with Gasteiger partial charge in [-0.1, -0.05) is 0 Å². The molecule has 0 radical (unpaired) electrons. The number of carbonyl (C=O) groups is 1. The minimum atomic E-state index is 0.107. The molecule has 150 valence electrons. The summed E-state index contributed by atoms with van der Waals surface area (Å²) in [4.78, 5) is 23.7. The third-order valence-corrected chi connectivity index (χ3v) is 5.49. The van der Waals surface area contributed by atoms with Crippen LogP contribution in [-0.2, 0) is 16.1 Å². The Labute approximate surface area is 165 Å². The lowest BCUT2D eigenvalue weighted by molar-refractivity contribution is -0.121. The van der Waals surface area contributed by atoms with Gasteiger partial charge in [-0.2, -0.15) is 5.10 Å². The molecule has 0 aromatic carbocycles. The van der Waals surface area contributed by atoms with Crippen molar-refractivity contribution in [1.82, 2.24) is 25.1 Å². The lowest BCUT2D eigenvalue weighted by atomic mass is 9.96. The minimum absolute atomic E-state index is 0.107. The number of nitrogens with zero attached hydrogens (tertiary/aromatic N) is 5. The van der Waals surface area contributed by atoms with E-state index in [0.717, 1.165) is 70.2 Å². The Morgan fingerprint density at radius 1 is 1.25 bits per heavy atom. The molecule has 0 aliphatic carbocycles. The Balaban J connectivity index is 1.25. The van der Waals surface area contributed by atoms with Gasteiger partial charge in [0, 0.05) is 75.5 Å². The number of hydrogen-bond donors (Lipinski definition) is 1. The third kappa shape index (κ3) is 4.86. The van der Waals surface area contributed by atoms with Crippen molar-refractivity contribution in [3.8, 4) is 0 Å². The Morgan fingerprint density at radius 3 is 2.96 bits per heavy atom. The number of aromatic nitrogens is 4. The van der Waals surface area contributed by atoms with Crippen LogP contribution in [0, 0.1) is 0 Å². The predicted octanol–water partition coefficient (Wildman–Crippen LogP) is 1.74. The summed E-state index contributed by atoms with van der Waals surface area (Å²) in [6, 6.07) is 4.08. The zero-order valence-electron chi connectivity index (χ0n) is 16.2. The summed E-state index contributed by atoms with van der Waals surface area (Å²) in [6.07, 6.45) is 9.81. The summed E-state index contributed by atoms with van der Waals surface area (Å²) in [7, 11) is 0. The van der Waals surface area contributed by atoms with Gasteiger partial charge in [0.2, 0.25) is 11.9 Å². The molecule has 0 bridgehead atoms. The zero-order valence-corrected chi connectivity index (χ0v) is 16.2. The highest BCUT2D eigenvalue weighted by Crippen LogP contribution is 2.26. The molecule has 1 unspecified atom stereocenters. The molecule has 2 aromatic heterocycles. The van der Waals surface area contributed by atoms with Crippen molar-refractivity contribution in [3.63, 3.8) is 0 Å². The molecular formula is C20H28N6O2. The van der Waals surface area contributed by atoms with Gasteiger partial charge in [0.05, 0.1) is 0 Å². The van der Waals surface area contributed by atoms with E-state index in [0.29, 0.717) is 12.3 Å². The number of carbonyl (C=O) groups excluding carboxylic acids is 1. The van der Waals surface area contributed by atoms with Crippen LogP contribution in [0.3, 0.4) is 0 Å². The topological polar surface area (TPSA) is 85.2 Å². The number of rotatable bonds is 7. The first-order chi connectivity index (χ1) is 13.8. The fraction of sp³-hybridized carbons (Fsp3) is 0.600. The van der Waals surface area contributed by atoms with E-state index >= 15 is 0 Å². The van der Waals surface area contributed by atoms with Crippen molar-refractivity contribution >= 4 is 11.9 Å². The summed E-state index contributed by atoms with van der Waals surface area (Å²) in [5.74, 6) is 1.35. The molecule has 4 heterocycles. The largest absolute Gasteiger partial charge is 0.381 e. The number of amides is 1. The maximum atomic E-state index is 12.2. The van der Waals surface area contributed by atoms with Crippen LogP contribution in [0.1, 0.15) is 43.7 Å². The number of hydrogen-bond acceptors (Lipinski definition) is 6. The zero-order chi connectivity index (χ0) is 19.2. The van der Waals surface area contributed by atoms with Gasteiger partial charge in [0.1, 0.15) is 0 Å². The number of ether oxygens (including phenoxy) is 1. The predicted molar refractivity (Wildman–Crippen MR) is 105 cm³/mol. The van der Waals surface area contributed by atoms with E-state index < -0.39 is 0 Å². The second kappa shape index (κ2) is 9.14. The molecule has 0 spiro atoms. The van der Waals surface area contributed by atoms with Crippen LogP contribution >= 0.6 is 0 Å². The van der Waals surface area contributed by atoms with Gasteiger partial charge in [-0.3, -0.25) is 9.48 Å². The van der Waals surface area contributed by atoms with E-state index in [4.69, 9.17) is 9.72 Å². The van der Waals surface area contributed by atoms with Crippen LogP contribution in [0.15, 0.2) is 30.7 Å². The fourth-order valence-corrected chi connectivity index (χ4v) is 3.93. The minimum Gasteiger partial charge on any atom is -0.381 e. The maximum Gasteiger partial charge on any atom is 0.225 e. The molecule has 1 amide bonds. The van der Waals surface area contributed by atoms with Gasteiger partial charge in [-0.25, -0.2) is 9.97 Å². The molecule has 8 nitrogen and oxygen atoms in total. The summed E-state index contributed by atoms with van der Waals surface area (Å²) in [6.45, 7) is 4.02. The molecule has 2 aliphatic rings. The quantitative estimate of drug-likeness (QED) is 0.783. The van der Waals surface area contributed by atoms with E-state index in [1.165, 1.54) is 0 Å². The lowest BCUT2D eigenvalue weighted by Gasteiger charge is -2.23. The monoisotopic (exact) mass is 384 g/mol. The highest BCUT2D eigenvalue weighted by Gasteiger charge is 2.26. The summed E-state index contributed by atoms with van der Waals surface area (Å²) in [5.41, 5.74) is 1.11. The van der Waals surface area contributed by atoms with Crippen molar-refractivity contribution in [2.24, 2.45) is 0 Å². The van der Waals surface area contributed by atoms with Gasteiger partial charge in [-0.05, 0) is 37.8 Å². The van der Waals surface area contributed by atoms with Crippen LogP contribution in [0.5, 0.6) is 0 Å². The van der Waals surface area contributed by atoms with E-state index in [2.05, 4.69) is 20.3 Å². The van der Waals surface area contributed by atoms with Crippen molar-refractivity contribution in [3.05, 3.63) is 36.4 Å². The molecule has 28 heavy (non-hydrogen) atoms. The molecule has 2 aliphatic heterocycles. The fourth-order valence-electron chi connectivity index (χ4n) is 3.93. The Kier molecular flexibility index (Phi) is 6.16. The van der Waals surface area contributed by atoms with E-state index in [1.54, 1.807) is 6.20 Å². The van der Waals surface area contributed by atoms with E-state index in [1.807, 2.05) is 29.2 Å². The molecule has 1 N–H and O–H groups in total. The second-order valence-corrected chi connectivity index (χ2v) is 7.54. The van der Waals surface area contributed by atoms with Crippen LogP contribution in [0.25, 0.3) is 0 Å². The van der Waals surface area contributed by atoms with Crippen molar-refractivity contribution in [2.75, 3.05) is 31.2 Å². The van der Waals surface area contributed by atoms with Gasteiger partial charge in [-0.15, -0.1) is 0 Å². The van der Waals surface area contributed by atoms with Crippen LogP contribution in [0.2, 0.25) is 0 Å². The summed E-state index contributed by atoms with van der Waals surface area (Å²) < 4.78 is 7.31. The first kappa shape index (κ1) is 18.9. The maximum absolute atomic E-state index is 12.2. The van der Waals surface area contributed by atoms with E-state index in [9.17, 15) is 4.79 Å². The van der Waals surface area contributed by atoms with Crippen LogP contribution in [-0.4, -0.2) is 58.0 Å². The second-order valence-electron chi connectivity index (χ2n) is 7.54. The molecule has 1 atom stereocenters. The van der Waals surface area contributed by atoms with Gasteiger partial charge < -0.3 is 15.0 Å². The third-order valence-electron chi connectivity index (χ3n) is 5.49. The Morgan fingerprint density at radius 2 is 2.14 bits per heavy atom. The standard InChI is InChI=1S/C20H28N6O2/c27-19(3-1-10-26-11-2-8-22-26)23-17-5-12-25(15-17)20-21-9-4-18(24-20)16-6-13-28-14-7-16/h2,4,8-9,11,16-17H,1,3,5-7,10,12-15H2,(H,23,27). The van der Waals surface area contributed by atoms with Crippen LogP contribution < -0.4 is 10.2 Å². The number of nitrogens with one attached hydrogen (secondary N) is 1. The molecule has 8 heteroatoms. The van der Waals surface area contributed by atoms with Crippen molar-refractivity contribution < 1.29 is 9.53 Å². The molecule has 2 fully saturated rings.